The molecule has 1 aromatic carbocycles. The molecule has 0 saturated carbocycles. The number of rotatable bonds is 4. The molecule has 0 bridgehead atoms. The average molecular weight is 205 g/mol. The van der Waals surface area contributed by atoms with Crippen molar-refractivity contribution in [2.45, 2.75) is 18.9 Å². The topological polar surface area (TPSA) is 21.3 Å². The quantitative estimate of drug-likeness (QED) is 0.810. The monoisotopic (exact) mass is 205 g/mol. The Morgan fingerprint density at radius 3 is 2.87 bits per heavy atom. The summed E-state index contributed by atoms with van der Waals surface area (Å²) in [5, 5.41) is 3.50. The van der Waals surface area contributed by atoms with Gasteiger partial charge in [-0.25, -0.2) is 0 Å². The van der Waals surface area contributed by atoms with E-state index in [0.717, 1.165) is 19.1 Å². The normalized spacial score (nSPS) is 25.7. The molecule has 82 valence electrons. The highest BCUT2D eigenvalue weighted by molar-refractivity contribution is 5.15. The molecule has 1 aliphatic rings. The van der Waals surface area contributed by atoms with E-state index in [1.165, 1.54) is 18.4 Å². The molecule has 0 aliphatic carbocycles. The van der Waals surface area contributed by atoms with Crippen molar-refractivity contribution in [2.24, 2.45) is 5.92 Å². The summed E-state index contributed by atoms with van der Waals surface area (Å²) < 4.78 is 5.16. The van der Waals surface area contributed by atoms with Crippen molar-refractivity contribution < 1.29 is 4.74 Å². The lowest BCUT2D eigenvalue weighted by Gasteiger charge is -2.09. The minimum atomic E-state index is 0.559. The first kappa shape index (κ1) is 10.7. The summed E-state index contributed by atoms with van der Waals surface area (Å²) in [5.41, 5.74) is 1.45. The van der Waals surface area contributed by atoms with Crippen LogP contribution in [0.25, 0.3) is 0 Å². The van der Waals surface area contributed by atoms with Crippen molar-refractivity contribution in [2.75, 3.05) is 20.3 Å². The Hall–Kier alpha value is -0.860. The smallest absolute Gasteiger partial charge is 0.0615 e. The molecule has 0 aromatic heterocycles. The van der Waals surface area contributed by atoms with Crippen LogP contribution in [0.1, 0.15) is 12.0 Å². The van der Waals surface area contributed by atoms with Gasteiger partial charge < -0.3 is 10.1 Å². The molecule has 2 atom stereocenters. The molecule has 1 aliphatic heterocycles. The Labute approximate surface area is 91.6 Å². The molecule has 2 heteroatoms. The van der Waals surface area contributed by atoms with E-state index in [-0.39, 0.29) is 0 Å². The van der Waals surface area contributed by atoms with E-state index < -0.39 is 0 Å². The molecule has 0 amide bonds. The van der Waals surface area contributed by atoms with Crippen LogP contribution < -0.4 is 5.32 Å². The van der Waals surface area contributed by atoms with Crippen LogP contribution in [0.2, 0.25) is 0 Å². The summed E-state index contributed by atoms with van der Waals surface area (Å²) in [4.78, 5) is 0. The van der Waals surface area contributed by atoms with Crippen molar-refractivity contribution in [3.8, 4) is 0 Å². The van der Waals surface area contributed by atoms with Crippen LogP contribution in [0.15, 0.2) is 30.3 Å². The first-order chi connectivity index (χ1) is 7.38. The van der Waals surface area contributed by atoms with Crippen molar-refractivity contribution in [1.82, 2.24) is 5.32 Å². The van der Waals surface area contributed by atoms with Crippen LogP contribution in [-0.4, -0.2) is 26.3 Å². The Morgan fingerprint density at radius 1 is 1.33 bits per heavy atom. The van der Waals surface area contributed by atoms with Gasteiger partial charge in [0.25, 0.3) is 0 Å². The van der Waals surface area contributed by atoms with E-state index in [9.17, 15) is 0 Å². The SMILES string of the molecule is COCC1CC(Cc2ccccc2)CN1. The van der Waals surface area contributed by atoms with Crippen LogP contribution >= 0.6 is 0 Å². The van der Waals surface area contributed by atoms with Crippen LogP contribution in [0.3, 0.4) is 0 Å². The molecule has 2 rings (SSSR count). The zero-order valence-electron chi connectivity index (χ0n) is 9.28. The van der Waals surface area contributed by atoms with Gasteiger partial charge in [-0.15, -0.1) is 0 Å². The van der Waals surface area contributed by atoms with Crippen molar-refractivity contribution >= 4 is 0 Å². The fraction of sp³-hybridized carbons (Fsp3) is 0.538. The van der Waals surface area contributed by atoms with Crippen LogP contribution in [0.4, 0.5) is 0 Å². The molecule has 2 nitrogen and oxygen atoms in total. The van der Waals surface area contributed by atoms with Gasteiger partial charge in [0.1, 0.15) is 0 Å². The number of benzene rings is 1. The van der Waals surface area contributed by atoms with Gasteiger partial charge in [0.05, 0.1) is 6.61 Å². The summed E-state index contributed by atoms with van der Waals surface area (Å²) in [6.45, 7) is 1.97. The largest absolute Gasteiger partial charge is 0.383 e. The van der Waals surface area contributed by atoms with Gasteiger partial charge in [-0.1, -0.05) is 30.3 Å². The minimum Gasteiger partial charge on any atom is -0.383 e. The van der Waals surface area contributed by atoms with Gasteiger partial charge in [0, 0.05) is 13.2 Å². The molecule has 1 fully saturated rings. The third-order valence-corrected chi connectivity index (χ3v) is 3.05. The molecule has 1 heterocycles. The van der Waals surface area contributed by atoms with Crippen molar-refractivity contribution in [3.63, 3.8) is 0 Å². The molecular weight excluding hydrogens is 186 g/mol. The van der Waals surface area contributed by atoms with Crippen LogP contribution in [0, 0.1) is 5.92 Å². The second-order valence-electron chi connectivity index (χ2n) is 4.35. The zero-order chi connectivity index (χ0) is 10.5. The van der Waals surface area contributed by atoms with E-state index in [4.69, 9.17) is 4.74 Å². The number of ether oxygens (including phenoxy) is 1. The van der Waals surface area contributed by atoms with Gasteiger partial charge in [0.2, 0.25) is 0 Å². The lowest BCUT2D eigenvalue weighted by Crippen LogP contribution is -2.25. The van der Waals surface area contributed by atoms with Gasteiger partial charge in [0.15, 0.2) is 0 Å². The maximum Gasteiger partial charge on any atom is 0.0615 e. The molecule has 1 N–H and O–H groups in total. The number of hydrogen-bond donors (Lipinski definition) is 1. The van der Waals surface area contributed by atoms with Crippen LogP contribution in [-0.2, 0) is 11.2 Å². The highest BCUT2D eigenvalue weighted by Gasteiger charge is 2.23. The van der Waals surface area contributed by atoms with E-state index in [0.29, 0.717) is 6.04 Å². The van der Waals surface area contributed by atoms with E-state index >= 15 is 0 Å². The summed E-state index contributed by atoms with van der Waals surface area (Å²) in [7, 11) is 1.77. The zero-order valence-corrected chi connectivity index (χ0v) is 9.28. The highest BCUT2D eigenvalue weighted by Crippen LogP contribution is 2.19. The minimum absolute atomic E-state index is 0.559. The third-order valence-electron chi connectivity index (χ3n) is 3.05. The maximum absolute atomic E-state index is 5.16. The molecule has 1 aromatic rings. The van der Waals surface area contributed by atoms with Gasteiger partial charge >= 0.3 is 0 Å². The predicted molar refractivity (Wildman–Crippen MR) is 61.9 cm³/mol. The second kappa shape index (κ2) is 5.29. The first-order valence-electron chi connectivity index (χ1n) is 5.64. The molecular formula is C13H19NO. The highest BCUT2D eigenvalue weighted by atomic mass is 16.5. The fourth-order valence-corrected chi connectivity index (χ4v) is 2.33. The summed E-state index contributed by atoms with van der Waals surface area (Å²) in [6, 6.07) is 11.3. The molecule has 2 unspecified atom stereocenters. The Balaban J connectivity index is 1.82. The van der Waals surface area contributed by atoms with E-state index in [2.05, 4.69) is 35.6 Å². The Morgan fingerprint density at radius 2 is 2.13 bits per heavy atom. The van der Waals surface area contributed by atoms with Crippen LogP contribution in [0.5, 0.6) is 0 Å². The molecule has 15 heavy (non-hydrogen) atoms. The number of methoxy groups -OCH3 is 1. The van der Waals surface area contributed by atoms with Gasteiger partial charge in [-0.05, 0) is 30.9 Å². The summed E-state index contributed by atoms with van der Waals surface area (Å²) in [5.74, 6) is 0.771. The van der Waals surface area contributed by atoms with E-state index in [1.807, 2.05) is 0 Å². The van der Waals surface area contributed by atoms with Gasteiger partial charge in [-0.3, -0.25) is 0 Å². The Bertz CT molecular complexity index is 286. The van der Waals surface area contributed by atoms with E-state index in [1.54, 1.807) is 7.11 Å². The van der Waals surface area contributed by atoms with Crippen molar-refractivity contribution in [1.29, 1.82) is 0 Å². The molecule has 0 spiro atoms. The average Bonchev–Trinajstić information content (AvgIpc) is 2.68. The van der Waals surface area contributed by atoms with Gasteiger partial charge in [-0.2, -0.15) is 0 Å². The first-order valence-corrected chi connectivity index (χ1v) is 5.64. The standard InChI is InChI=1S/C13H19NO/c1-15-10-13-8-12(9-14-13)7-11-5-3-2-4-6-11/h2-6,12-14H,7-10H2,1H3. The number of hydrogen-bond acceptors (Lipinski definition) is 2. The fourth-order valence-electron chi connectivity index (χ4n) is 2.33. The predicted octanol–water partition coefficient (Wildman–Crippen LogP) is 1.85. The lowest BCUT2D eigenvalue weighted by molar-refractivity contribution is 0.172. The second-order valence-corrected chi connectivity index (χ2v) is 4.35. The molecule has 0 radical (unpaired) electrons. The lowest BCUT2D eigenvalue weighted by atomic mass is 9.97. The summed E-state index contributed by atoms with van der Waals surface area (Å²) in [6.07, 6.45) is 2.43. The maximum atomic E-state index is 5.16. The number of nitrogens with one attached hydrogen (secondary N) is 1. The molecule has 1 saturated heterocycles. The summed E-state index contributed by atoms with van der Waals surface area (Å²) >= 11 is 0. The third kappa shape index (κ3) is 3.05. The van der Waals surface area contributed by atoms with Crippen molar-refractivity contribution in [3.05, 3.63) is 35.9 Å². The Kier molecular flexibility index (Phi) is 3.75.